The summed E-state index contributed by atoms with van der Waals surface area (Å²) in [6, 6.07) is 2.70. The van der Waals surface area contributed by atoms with Gasteiger partial charge in [-0.05, 0) is 31.4 Å². The lowest BCUT2D eigenvalue weighted by atomic mass is 10.00. The van der Waals surface area contributed by atoms with E-state index in [9.17, 15) is 19.2 Å². The molecule has 13 heteroatoms. The molecule has 0 aliphatic carbocycles. The number of hydrogen-bond donors (Lipinski definition) is 3. The Balaban J connectivity index is 1.96. The molecule has 0 aliphatic heterocycles. The van der Waals surface area contributed by atoms with Gasteiger partial charge < -0.3 is 14.5 Å². The second-order valence-electron chi connectivity index (χ2n) is 8.15. The van der Waals surface area contributed by atoms with Crippen molar-refractivity contribution < 1.29 is 14.3 Å². The van der Waals surface area contributed by atoms with E-state index in [1.807, 2.05) is 20.8 Å². The van der Waals surface area contributed by atoms with E-state index in [1.54, 1.807) is 6.92 Å². The van der Waals surface area contributed by atoms with E-state index in [0.29, 0.717) is 23.3 Å². The number of hydrogen-bond acceptors (Lipinski definition) is 7. The van der Waals surface area contributed by atoms with Gasteiger partial charge >= 0.3 is 11.8 Å². The maximum Gasteiger partial charge on any atom is 0.413 e. The predicted molar refractivity (Wildman–Crippen MR) is 136 cm³/mol. The van der Waals surface area contributed by atoms with Crippen LogP contribution in [0.4, 0.5) is 10.6 Å². The van der Waals surface area contributed by atoms with Gasteiger partial charge in [0, 0.05) is 17.3 Å². The van der Waals surface area contributed by atoms with Crippen molar-refractivity contribution in [2.75, 3.05) is 11.9 Å². The molecule has 192 valence electrons. The lowest BCUT2D eigenvalue weighted by Gasteiger charge is -2.16. The largest absolute Gasteiger partial charge is 0.452 e. The Labute approximate surface area is 215 Å². The SMILES string of the molecule is CCCCOC(=O)Nc1nn(-c2cc(Cl)c(Oc3c[nH]c(=O)c(C(C)C)c3C)c(Cl)c2)c(=O)[nH]c1=O. The van der Waals surface area contributed by atoms with E-state index in [4.69, 9.17) is 32.7 Å². The lowest BCUT2D eigenvalue weighted by Crippen LogP contribution is -2.34. The van der Waals surface area contributed by atoms with E-state index in [2.05, 4.69) is 20.4 Å². The average Bonchev–Trinajstić information content (AvgIpc) is 2.79. The third kappa shape index (κ3) is 5.97. The minimum atomic E-state index is -0.907. The Hall–Kier alpha value is -3.57. The van der Waals surface area contributed by atoms with Crippen molar-refractivity contribution in [2.24, 2.45) is 0 Å². The number of aromatic nitrogens is 4. The number of anilines is 1. The van der Waals surface area contributed by atoms with Crippen LogP contribution in [0, 0.1) is 6.92 Å². The van der Waals surface area contributed by atoms with Crippen molar-refractivity contribution in [3.05, 3.63) is 70.7 Å². The van der Waals surface area contributed by atoms with Crippen LogP contribution < -0.4 is 26.9 Å². The molecule has 0 unspecified atom stereocenters. The lowest BCUT2D eigenvalue weighted by molar-refractivity contribution is 0.159. The number of carbonyl (C=O) groups is 1. The fourth-order valence-electron chi connectivity index (χ4n) is 3.40. The number of aromatic amines is 2. The third-order valence-electron chi connectivity index (χ3n) is 5.15. The number of amides is 1. The van der Waals surface area contributed by atoms with Gasteiger partial charge in [-0.15, -0.1) is 5.10 Å². The van der Waals surface area contributed by atoms with Crippen molar-refractivity contribution in [1.82, 2.24) is 19.7 Å². The summed E-state index contributed by atoms with van der Waals surface area (Å²) < 4.78 is 11.7. The average molecular weight is 538 g/mol. The van der Waals surface area contributed by atoms with E-state index in [-0.39, 0.29) is 39.6 Å². The van der Waals surface area contributed by atoms with Gasteiger partial charge in [0.15, 0.2) is 5.75 Å². The van der Waals surface area contributed by atoms with Crippen molar-refractivity contribution >= 4 is 35.1 Å². The molecule has 3 rings (SSSR count). The van der Waals surface area contributed by atoms with Crippen LogP contribution in [0.5, 0.6) is 11.5 Å². The highest BCUT2D eigenvalue weighted by molar-refractivity contribution is 6.37. The van der Waals surface area contributed by atoms with E-state index >= 15 is 0 Å². The molecule has 0 saturated heterocycles. The van der Waals surface area contributed by atoms with Crippen molar-refractivity contribution in [2.45, 2.75) is 46.5 Å². The van der Waals surface area contributed by atoms with Crippen LogP contribution in [0.1, 0.15) is 50.7 Å². The van der Waals surface area contributed by atoms with Gasteiger partial charge in [0.05, 0.1) is 22.3 Å². The summed E-state index contributed by atoms with van der Waals surface area (Å²) >= 11 is 12.8. The number of benzene rings is 1. The minimum Gasteiger partial charge on any atom is -0.452 e. The summed E-state index contributed by atoms with van der Waals surface area (Å²) in [5.41, 5.74) is -0.718. The predicted octanol–water partition coefficient (Wildman–Crippen LogP) is 4.49. The molecule has 0 radical (unpaired) electrons. The summed E-state index contributed by atoms with van der Waals surface area (Å²) in [5.74, 6) is -0.0613. The molecule has 0 spiro atoms. The molecule has 2 aromatic heterocycles. The summed E-state index contributed by atoms with van der Waals surface area (Å²) in [5, 5.41) is 6.18. The Kier molecular flexibility index (Phi) is 8.59. The first kappa shape index (κ1) is 27.0. The summed E-state index contributed by atoms with van der Waals surface area (Å²) in [7, 11) is 0. The molecule has 36 heavy (non-hydrogen) atoms. The van der Waals surface area contributed by atoms with E-state index in [1.165, 1.54) is 18.3 Å². The smallest absolute Gasteiger partial charge is 0.413 e. The number of halogens is 2. The zero-order chi connectivity index (χ0) is 26.6. The Bertz CT molecular complexity index is 1440. The molecule has 3 N–H and O–H groups in total. The molecule has 0 atom stereocenters. The van der Waals surface area contributed by atoms with Gasteiger partial charge in [0.25, 0.3) is 11.1 Å². The van der Waals surface area contributed by atoms with Crippen LogP contribution in [0.3, 0.4) is 0 Å². The zero-order valence-corrected chi connectivity index (χ0v) is 21.5. The number of nitrogens with zero attached hydrogens (tertiary/aromatic N) is 2. The summed E-state index contributed by atoms with van der Waals surface area (Å²) in [4.78, 5) is 53.3. The monoisotopic (exact) mass is 537 g/mol. The molecule has 1 aromatic carbocycles. The molecule has 0 fully saturated rings. The second kappa shape index (κ2) is 11.4. The van der Waals surface area contributed by atoms with Crippen LogP contribution in [0.25, 0.3) is 5.69 Å². The second-order valence-corrected chi connectivity index (χ2v) is 8.96. The molecular weight excluding hydrogens is 513 g/mol. The standard InChI is InChI=1S/C23H25Cl2N5O6/c1-5-6-7-35-23(34)27-19-21(32)28-22(33)30(29-19)13-8-14(24)18(15(25)9-13)36-16-10-26-20(31)17(11(2)3)12(16)4/h8-11H,5-7H2,1-4H3,(H,26,31)(H,27,29,34)(H,28,32,33). The number of ether oxygens (including phenoxy) is 2. The Morgan fingerprint density at radius 3 is 2.44 bits per heavy atom. The van der Waals surface area contributed by atoms with Crippen molar-refractivity contribution in [3.8, 4) is 17.2 Å². The Morgan fingerprint density at radius 1 is 1.17 bits per heavy atom. The van der Waals surface area contributed by atoms with Crippen molar-refractivity contribution in [3.63, 3.8) is 0 Å². The third-order valence-corrected chi connectivity index (χ3v) is 5.71. The molecular formula is C23H25Cl2N5O6. The normalized spacial score (nSPS) is 11.0. The van der Waals surface area contributed by atoms with Crippen LogP contribution in [-0.4, -0.2) is 32.4 Å². The summed E-state index contributed by atoms with van der Waals surface area (Å²) in [6.45, 7) is 7.63. The Morgan fingerprint density at radius 2 is 1.83 bits per heavy atom. The van der Waals surface area contributed by atoms with E-state index < -0.39 is 23.2 Å². The molecule has 0 aliphatic rings. The topological polar surface area (TPSA) is 148 Å². The molecule has 0 bridgehead atoms. The summed E-state index contributed by atoms with van der Waals surface area (Å²) in [6.07, 6.45) is 2.00. The number of carbonyl (C=O) groups excluding carboxylic acids is 1. The number of H-pyrrole nitrogens is 2. The zero-order valence-electron chi connectivity index (χ0n) is 20.0. The van der Waals surface area contributed by atoms with Crippen LogP contribution in [0.2, 0.25) is 10.0 Å². The molecule has 1 amide bonds. The number of unbranched alkanes of at least 4 members (excludes halogenated alkanes) is 1. The van der Waals surface area contributed by atoms with Crippen molar-refractivity contribution in [1.29, 1.82) is 0 Å². The highest BCUT2D eigenvalue weighted by Gasteiger charge is 2.19. The molecule has 0 saturated carbocycles. The molecule has 11 nitrogen and oxygen atoms in total. The van der Waals surface area contributed by atoms with Crippen LogP contribution in [-0.2, 0) is 4.74 Å². The first-order valence-electron chi connectivity index (χ1n) is 11.1. The first-order valence-corrected chi connectivity index (χ1v) is 11.9. The van der Waals surface area contributed by atoms with Gasteiger partial charge in [-0.3, -0.25) is 19.9 Å². The van der Waals surface area contributed by atoms with Gasteiger partial charge in [0.1, 0.15) is 5.75 Å². The highest BCUT2D eigenvalue weighted by atomic mass is 35.5. The maximum absolute atomic E-state index is 12.4. The fourth-order valence-corrected chi connectivity index (χ4v) is 3.95. The molecule has 3 aromatic rings. The van der Waals surface area contributed by atoms with Crippen LogP contribution in [0.15, 0.2) is 32.7 Å². The van der Waals surface area contributed by atoms with Gasteiger partial charge in [-0.1, -0.05) is 50.4 Å². The van der Waals surface area contributed by atoms with E-state index in [0.717, 1.165) is 11.1 Å². The number of pyridine rings is 1. The first-order chi connectivity index (χ1) is 17.0. The molecule has 2 heterocycles. The fraction of sp³-hybridized carbons (Fsp3) is 0.348. The highest BCUT2D eigenvalue weighted by Crippen LogP contribution is 2.39. The van der Waals surface area contributed by atoms with Gasteiger partial charge in [-0.2, -0.15) is 4.68 Å². The maximum atomic E-state index is 12.4. The van der Waals surface area contributed by atoms with Gasteiger partial charge in [-0.25, -0.2) is 9.59 Å². The van der Waals surface area contributed by atoms with Crippen LogP contribution >= 0.6 is 23.2 Å². The number of nitrogens with one attached hydrogen (secondary N) is 3. The quantitative estimate of drug-likeness (QED) is 0.358. The van der Waals surface area contributed by atoms with Gasteiger partial charge in [0.2, 0.25) is 5.82 Å². The minimum absolute atomic E-state index is 0.0302. The number of rotatable bonds is 8.